The Labute approximate surface area is 194 Å². The maximum Gasteiger partial charge on any atom is 0.175 e. The predicted octanol–water partition coefficient (Wildman–Crippen LogP) is 5.33. The van der Waals surface area contributed by atoms with Gasteiger partial charge in [0.05, 0.1) is 10.9 Å². The summed E-state index contributed by atoms with van der Waals surface area (Å²) in [6, 6.07) is 16.6. The molecule has 2 N–H and O–H groups in total. The minimum Gasteiger partial charge on any atom is -0.484 e. The van der Waals surface area contributed by atoms with Crippen LogP contribution in [0, 0.1) is 17.5 Å². The summed E-state index contributed by atoms with van der Waals surface area (Å²) in [5.74, 6) is -2.89. The van der Waals surface area contributed by atoms with E-state index in [1.807, 2.05) is 30.3 Å². The Morgan fingerprint density at radius 1 is 0.882 bits per heavy atom. The second kappa shape index (κ2) is 8.14. The summed E-state index contributed by atoms with van der Waals surface area (Å²) >= 11 is 0. The molecule has 1 aliphatic rings. The molecule has 8 heteroatoms. The van der Waals surface area contributed by atoms with Crippen LogP contribution in [-0.2, 0) is 16.3 Å². The minimum absolute atomic E-state index is 0.136. The van der Waals surface area contributed by atoms with E-state index in [0.29, 0.717) is 18.2 Å². The molecule has 34 heavy (non-hydrogen) atoms. The van der Waals surface area contributed by atoms with Crippen LogP contribution in [0.2, 0.25) is 0 Å². The van der Waals surface area contributed by atoms with Crippen LogP contribution in [0.4, 0.5) is 13.2 Å². The summed E-state index contributed by atoms with van der Waals surface area (Å²) < 4.78 is 71.5. The maximum atomic E-state index is 14.4. The van der Waals surface area contributed by atoms with E-state index in [4.69, 9.17) is 10.5 Å². The molecule has 0 spiro atoms. The van der Waals surface area contributed by atoms with Gasteiger partial charge in [-0.25, -0.2) is 21.6 Å². The van der Waals surface area contributed by atoms with Crippen LogP contribution in [-0.4, -0.2) is 20.7 Å². The molecule has 5 rings (SSSR count). The zero-order chi connectivity index (χ0) is 24.2. The molecule has 0 amide bonds. The molecule has 2 atom stereocenters. The Bertz CT molecular complexity index is 1550. The van der Waals surface area contributed by atoms with Gasteiger partial charge in [0.25, 0.3) is 0 Å². The average Bonchev–Trinajstić information content (AvgIpc) is 2.80. The number of nitrogens with two attached hydrogens (primary N) is 1. The van der Waals surface area contributed by atoms with Gasteiger partial charge in [0.15, 0.2) is 21.5 Å². The van der Waals surface area contributed by atoms with Crippen molar-refractivity contribution in [2.45, 2.75) is 23.5 Å². The first-order valence-electron chi connectivity index (χ1n) is 10.5. The van der Waals surface area contributed by atoms with Crippen molar-refractivity contribution in [1.82, 2.24) is 0 Å². The van der Waals surface area contributed by atoms with Gasteiger partial charge >= 0.3 is 0 Å². The van der Waals surface area contributed by atoms with Crippen LogP contribution in [0.3, 0.4) is 0 Å². The number of benzene rings is 4. The molecule has 1 aliphatic heterocycles. The van der Waals surface area contributed by atoms with E-state index in [9.17, 15) is 21.6 Å². The van der Waals surface area contributed by atoms with Gasteiger partial charge in [-0.15, -0.1) is 0 Å². The Balaban J connectivity index is 1.58. The van der Waals surface area contributed by atoms with Crippen LogP contribution in [0.5, 0.6) is 5.75 Å². The molecular formula is C26H20F3NO3S. The molecule has 0 unspecified atom stereocenters. The van der Waals surface area contributed by atoms with Gasteiger partial charge in [0, 0.05) is 23.4 Å². The summed E-state index contributed by atoms with van der Waals surface area (Å²) in [7, 11) is -3.36. The van der Waals surface area contributed by atoms with Gasteiger partial charge in [0.1, 0.15) is 17.7 Å². The fraction of sp³-hybridized carbons (Fsp3) is 0.154. The van der Waals surface area contributed by atoms with Crippen molar-refractivity contribution in [3.63, 3.8) is 0 Å². The minimum atomic E-state index is -3.36. The first-order valence-corrected chi connectivity index (χ1v) is 12.4. The van der Waals surface area contributed by atoms with E-state index in [0.717, 1.165) is 39.8 Å². The van der Waals surface area contributed by atoms with Gasteiger partial charge in [0.2, 0.25) is 0 Å². The topological polar surface area (TPSA) is 69.4 Å². The van der Waals surface area contributed by atoms with Gasteiger partial charge in [-0.1, -0.05) is 30.3 Å². The third kappa shape index (κ3) is 3.93. The summed E-state index contributed by atoms with van der Waals surface area (Å²) in [4.78, 5) is 0.224. The molecule has 0 aromatic heterocycles. The smallest absolute Gasteiger partial charge is 0.175 e. The highest BCUT2D eigenvalue weighted by Gasteiger charge is 2.32. The Hall–Kier alpha value is -3.36. The average molecular weight is 484 g/mol. The van der Waals surface area contributed by atoms with E-state index in [1.165, 1.54) is 0 Å². The highest BCUT2D eigenvalue weighted by atomic mass is 32.2. The largest absolute Gasteiger partial charge is 0.484 e. The Kier molecular flexibility index (Phi) is 5.37. The quantitative estimate of drug-likeness (QED) is 0.400. The predicted molar refractivity (Wildman–Crippen MR) is 124 cm³/mol. The first kappa shape index (κ1) is 22.4. The SMILES string of the molecule is CS(=O)(=O)c1cccc(-c2ccc3ccc4c(c3c2)C[C@@H](N)[C@H](c2cc(F)c(F)cc2F)O4)c1. The third-order valence-corrected chi connectivity index (χ3v) is 7.22. The van der Waals surface area contributed by atoms with Crippen molar-refractivity contribution in [1.29, 1.82) is 0 Å². The van der Waals surface area contributed by atoms with Crippen molar-refractivity contribution >= 4 is 20.6 Å². The molecule has 1 heterocycles. The van der Waals surface area contributed by atoms with Crippen LogP contribution in [0.15, 0.2) is 71.6 Å². The zero-order valence-corrected chi connectivity index (χ0v) is 18.9. The Morgan fingerprint density at radius 2 is 1.59 bits per heavy atom. The van der Waals surface area contributed by atoms with Crippen molar-refractivity contribution in [2.75, 3.05) is 6.26 Å². The molecule has 0 saturated carbocycles. The van der Waals surface area contributed by atoms with Crippen molar-refractivity contribution in [3.05, 3.63) is 95.3 Å². The lowest BCUT2D eigenvalue weighted by Gasteiger charge is -2.32. The lowest BCUT2D eigenvalue weighted by atomic mass is 9.89. The number of ether oxygens (including phenoxy) is 1. The second-order valence-corrected chi connectivity index (χ2v) is 10.5. The summed E-state index contributed by atoms with van der Waals surface area (Å²) in [5.41, 5.74) is 8.55. The fourth-order valence-corrected chi connectivity index (χ4v) is 5.05. The van der Waals surface area contributed by atoms with Gasteiger partial charge in [-0.2, -0.15) is 0 Å². The second-order valence-electron chi connectivity index (χ2n) is 8.47. The first-order chi connectivity index (χ1) is 16.1. The number of rotatable bonds is 3. The monoisotopic (exact) mass is 483 g/mol. The number of sulfone groups is 1. The third-order valence-electron chi connectivity index (χ3n) is 6.11. The molecule has 4 nitrogen and oxygen atoms in total. The summed E-state index contributed by atoms with van der Waals surface area (Å²) in [5, 5.41) is 1.79. The van der Waals surface area contributed by atoms with E-state index in [2.05, 4.69) is 0 Å². The normalized spacial score (nSPS) is 17.9. The lowest BCUT2D eigenvalue weighted by molar-refractivity contribution is 0.149. The summed E-state index contributed by atoms with van der Waals surface area (Å²) in [6.07, 6.45) is 0.505. The molecular weight excluding hydrogens is 463 g/mol. The number of halogens is 3. The van der Waals surface area contributed by atoms with Crippen LogP contribution in [0.25, 0.3) is 21.9 Å². The van der Waals surface area contributed by atoms with Crippen molar-refractivity contribution in [2.24, 2.45) is 5.73 Å². The van der Waals surface area contributed by atoms with Gasteiger partial charge < -0.3 is 10.5 Å². The molecule has 0 saturated heterocycles. The number of hydrogen-bond donors (Lipinski definition) is 1. The molecule has 0 fully saturated rings. The number of fused-ring (bicyclic) bond motifs is 3. The van der Waals surface area contributed by atoms with Crippen LogP contribution >= 0.6 is 0 Å². The van der Waals surface area contributed by atoms with E-state index >= 15 is 0 Å². The van der Waals surface area contributed by atoms with Crippen molar-refractivity contribution < 1.29 is 26.3 Å². The lowest BCUT2D eigenvalue weighted by Crippen LogP contribution is -2.38. The molecule has 4 aromatic rings. The molecule has 0 bridgehead atoms. The maximum absolute atomic E-state index is 14.4. The standard InChI is InChI=1S/C26H20F3NO3S/c1-34(31,32)17-4-2-3-15(9-17)16-6-5-14-7-8-25-19(18(14)10-16)12-24(30)26(33-25)20-11-22(28)23(29)13-21(20)27/h2-11,13,24,26H,12,30H2,1H3/t24-,26+/m1/s1. The molecule has 0 radical (unpaired) electrons. The highest BCUT2D eigenvalue weighted by molar-refractivity contribution is 7.90. The highest BCUT2D eigenvalue weighted by Crippen LogP contribution is 2.40. The van der Waals surface area contributed by atoms with E-state index < -0.39 is 39.4 Å². The van der Waals surface area contributed by atoms with E-state index in [1.54, 1.807) is 24.3 Å². The Morgan fingerprint density at radius 3 is 2.35 bits per heavy atom. The fourth-order valence-electron chi connectivity index (χ4n) is 4.39. The van der Waals surface area contributed by atoms with Crippen molar-refractivity contribution in [3.8, 4) is 16.9 Å². The van der Waals surface area contributed by atoms with E-state index in [-0.39, 0.29) is 10.5 Å². The zero-order valence-electron chi connectivity index (χ0n) is 18.1. The van der Waals surface area contributed by atoms with Crippen LogP contribution < -0.4 is 10.5 Å². The molecule has 174 valence electrons. The van der Waals surface area contributed by atoms with Gasteiger partial charge in [-0.05, 0) is 58.7 Å². The summed E-state index contributed by atoms with van der Waals surface area (Å²) in [6.45, 7) is 0. The molecule has 0 aliphatic carbocycles. The van der Waals surface area contributed by atoms with Gasteiger partial charge in [-0.3, -0.25) is 0 Å². The van der Waals surface area contributed by atoms with Crippen LogP contribution in [0.1, 0.15) is 17.2 Å². The molecule has 4 aromatic carbocycles. The number of hydrogen-bond acceptors (Lipinski definition) is 4.